The third kappa shape index (κ3) is 4.07. The molecule has 0 fully saturated rings. The van der Waals surface area contributed by atoms with E-state index in [1.165, 1.54) is 13.8 Å². The number of rotatable bonds is 1. The highest BCUT2D eigenvalue weighted by Crippen LogP contribution is 1.95. The van der Waals surface area contributed by atoms with E-state index < -0.39 is 11.0 Å². The zero-order chi connectivity index (χ0) is 6.08. The Balaban J connectivity index is 0. The summed E-state index contributed by atoms with van der Waals surface area (Å²) >= 11 is 0. The van der Waals surface area contributed by atoms with E-state index in [1.807, 2.05) is 0 Å². The summed E-state index contributed by atoms with van der Waals surface area (Å²) in [6.07, 6.45) is 0. The van der Waals surface area contributed by atoms with Crippen molar-refractivity contribution in [1.82, 2.24) is 0 Å². The molecule has 0 aromatic heterocycles. The van der Waals surface area contributed by atoms with Crippen molar-refractivity contribution in [1.29, 1.82) is 0 Å². The van der Waals surface area contributed by atoms with Crippen LogP contribution in [0.5, 0.6) is 0 Å². The molecule has 0 aliphatic carbocycles. The lowest BCUT2D eigenvalue weighted by atomic mass is 10.4. The summed E-state index contributed by atoms with van der Waals surface area (Å²) in [7, 11) is 0. The van der Waals surface area contributed by atoms with Crippen molar-refractivity contribution in [3.8, 4) is 0 Å². The second kappa shape index (κ2) is 3.04. The Bertz CT molecular complexity index is 60.0. The molecular weight excluding hydrogens is 109 g/mol. The Hall–Kier alpha value is -0.0951. The molecule has 0 atom stereocenters. The lowest BCUT2D eigenvalue weighted by Crippen LogP contribution is -2.43. The molecule has 0 saturated heterocycles. The van der Waals surface area contributed by atoms with Gasteiger partial charge >= 0.3 is 0 Å². The predicted molar refractivity (Wildman–Crippen MR) is 32.1 cm³/mol. The van der Waals surface area contributed by atoms with E-state index in [0.29, 0.717) is 0 Å². The number of hydrogen-bond acceptors (Lipinski definition) is 3. The van der Waals surface area contributed by atoms with Crippen LogP contribution in [0.1, 0.15) is 13.8 Å². The van der Waals surface area contributed by atoms with Gasteiger partial charge in [0.2, 0.25) is 0 Å². The van der Waals surface area contributed by atoms with Gasteiger partial charge in [0.05, 0.1) is 4.97 Å². The molecule has 0 saturated carbocycles. The van der Waals surface area contributed by atoms with Crippen LogP contribution in [-0.4, -0.2) is 35.0 Å². The number of hydrogen-bond donors (Lipinski definition) is 3. The second-order valence-corrected chi connectivity index (χ2v) is 1.71. The van der Waals surface area contributed by atoms with E-state index in [4.69, 9.17) is 15.6 Å². The molecule has 3 N–H and O–H groups in total. The van der Waals surface area contributed by atoms with Gasteiger partial charge in [0, 0.05) is 0 Å². The molecule has 0 bridgehead atoms. The molecular formula is C3H14BNO3. The predicted octanol–water partition coefficient (Wildman–Crippen LogP) is -1.07. The molecule has 8 heavy (non-hydrogen) atoms. The van der Waals surface area contributed by atoms with Crippen LogP contribution >= 0.6 is 0 Å². The van der Waals surface area contributed by atoms with E-state index in [-0.39, 0.29) is 8.41 Å². The van der Waals surface area contributed by atoms with Gasteiger partial charge in [0.15, 0.2) is 6.04 Å². The molecule has 4 nitrogen and oxygen atoms in total. The van der Waals surface area contributed by atoms with Crippen LogP contribution in [0.2, 0.25) is 0 Å². The van der Waals surface area contributed by atoms with Crippen LogP contribution in [0.25, 0.3) is 0 Å². The fourth-order valence-corrected chi connectivity index (χ4v) is 0. The minimum atomic E-state index is -1.94. The average molecular weight is 123 g/mol. The van der Waals surface area contributed by atoms with Gasteiger partial charge in [-0.25, -0.2) is 0 Å². The Morgan fingerprint density at radius 2 is 1.25 bits per heavy atom. The zero-order valence-corrected chi connectivity index (χ0v) is 4.37. The third-order valence-corrected chi connectivity index (χ3v) is 0.693. The summed E-state index contributed by atoms with van der Waals surface area (Å²) < 4.78 is 0. The Morgan fingerprint density at radius 3 is 1.25 bits per heavy atom. The summed E-state index contributed by atoms with van der Waals surface area (Å²) in [5.41, 5.74) is 0. The maximum atomic E-state index is 8.14. The highest BCUT2D eigenvalue weighted by Gasteiger charge is 2.23. The minimum Gasteiger partial charge on any atom is -0.146 e. The first kappa shape index (κ1) is 10.8. The van der Waals surface area contributed by atoms with Gasteiger partial charge in [0.25, 0.3) is 0 Å². The number of nitrogens with zero attached hydrogens (tertiary/aromatic N) is 1. The zero-order valence-electron chi connectivity index (χ0n) is 4.37. The van der Waals surface area contributed by atoms with Gasteiger partial charge in [-0.05, 0) is 13.8 Å². The molecule has 0 radical (unpaired) electrons. The van der Waals surface area contributed by atoms with Crippen LogP contribution in [0.15, 0.2) is 0 Å². The van der Waals surface area contributed by atoms with E-state index in [1.54, 1.807) is 0 Å². The quantitative estimate of drug-likeness (QED) is 0.236. The van der Waals surface area contributed by atoms with Crippen molar-refractivity contribution in [3.05, 3.63) is 0 Å². The van der Waals surface area contributed by atoms with Crippen molar-refractivity contribution in [2.45, 2.75) is 19.9 Å². The Morgan fingerprint density at radius 1 is 1.12 bits per heavy atom. The molecule has 0 rings (SSSR count). The Labute approximate surface area is 50.0 Å². The number of hydroxylamine groups is 3. The van der Waals surface area contributed by atoms with Crippen molar-refractivity contribution in [3.63, 3.8) is 0 Å². The summed E-state index contributed by atoms with van der Waals surface area (Å²) in [5, 5.41) is 24.4. The van der Waals surface area contributed by atoms with Crippen molar-refractivity contribution >= 4 is 8.41 Å². The monoisotopic (exact) mass is 123 g/mol. The van der Waals surface area contributed by atoms with E-state index in [2.05, 4.69) is 0 Å². The summed E-state index contributed by atoms with van der Waals surface area (Å²) in [4.78, 5) is -1.94. The molecule has 52 valence electrons. The van der Waals surface area contributed by atoms with Crippen LogP contribution in [0.3, 0.4) is 0 Å². The van der Waals surface area contributed by atoms with Gasteiger partial charge in [-0.15, -0.1) is 15.6 Å². The summed E-state index contributed by atoms with van der Waals surface area (Å²) in [6, 6.07) is -0.597. The molecule has 0 unspecified atom stereocenters. The van der Waals surface area contributed by atoms with E-state index >= 15 is 0 Å². The maximum absolute atomic E-state index is 8.14. The first-order valence-corrected chi connectivity index (χ1v) is 2.01. The van der Waals surface area contributed by atoms with Crippen LogP contribution in [-0.2, 0) is 0 Å². The smallest absolute Gasteiger partial charge is 0.146 e. The van der Waals surface area contributed by atoms with Gasteiger partial charge in [-0.3, -0.25) is 0 Å². The number of quaternary nitrogens is 1. The fourth-order valence-electron chi connectivity index (χ4n) is 0. The van der Waals surface area contributed by atoms with Gasteiger partial charge in [-0.1, -0.05) is 8.41 Å². The minimum absolute atomic E-state index is 0. The largest absolute Gasteiger partial charge is 0.181 e. The molecule has 0 aliphatic rings. The summed E-state index contributed by atoms with van der Waals surface area (Å²) in [6.45, 7) is 2.94. The van der Waals surface area contributed by atoms with Crippen LogP contribution in [0, 0.1) is 0 Å². The topological polar surface area (TPSA) is 60.7 Å². The van der Waals surface area contributed by atoms with E-state index in [9.17, 15) is 0 Å². The molecule has 0 heterocycles. The molecule has 0 aliphatic heterocycles. The lowest BCUT2D eigenvalue weighted by molar-refractivity contribution is -1.38. The molecule has 0 aromatic rings. The average Bonchev–Trinajstić information content (AvgIpc) is 1.31. The lowest BCUT2D eigenvalue weighted by Gasteiger charge is -2.14. The first-order chi connectivity index (χ1) is 2.94. The highest BCUT2D eigenvalue weighted by atomic mass is 17.1. The van der Waals surface area contributed by atoms with Crippen molar-refractivity contribution in [2.75, 3.05) is 0 Å². The second-order valence-electron chi connectivity index (χ2n) is 1.71. The molecule has 0 spiro atoms. The molecule has 5 heteroatoms. The standard InChI is InChI=1S/C3H10NO3.BH4/c1-3(2)4(5,6)7;/h3,5-7H,1-2H3;1H4/q+1;-1. The van der Waals surface area contributed by atoms with E-state index in [0.717, 1.165) is 0 Å². The maximum Gasteiger partial charge on any atom is 0.181 e. The van der Waals surface area contributed by atoms with Crippen molar-refractivity contribution in [2.24, 2.45) is 0 Å². The van der Waals surface area contributed by atoms with Crippen LogP contribution in [0.4, 0.5) is 0 Å². The van der Waals surface area contributed by atoms with Crippen LogP contribution < -0.4 is 0 Å². The van der Waals surface area contributed by atoms with Gasteiger partial charge in [0.1, 0.15) is 0 Å². The normalized spacial score (nSPS) is 11.2. The Kier molecular flexibility index (Phi) is 4.10. The van der Waals surface area contributed by atoms with Gasteiger partial charge in [-0.2, -0.15) is 0 Å². The summed E-state index contributed by atoms with van der Waals surface area (Å²) in [5.74, 6) is 0. The highest BCUT2D eigenvalue weighted by molar-refractivity contribution is 5.75. The third-order valence-electron chi connectivity index (χ3n) is 0.693. The van der Waals surface area contributed by atoms with Gasteiger partial charge < -0.3 is 0 Å². The first-order valence-electron chi connectivity index (χ1n) is 2.01. The fraction of sp³-hybridized carbons (Fsp3) is 1.00. The SMILES string of the molecule is CC(C)[N+](O)(O)O.[BH4-]. The molecule has 0 amide bonds. The molecule has 0 aromatic carbocycles. The van der Waals surface area contributed by atoms with Crippen molar-refractivity contribution < 1.29 is 20.6 Å².